The second-order valence-electron chi connectivity index (χ2n) is 1.24. The minimum atomic E-state index is -1.05. The molecular formula is C3HN3O3-2. The lowest BCUT2D eigenvalue weighted by Crippen LogP contribution is -2.17. The summed E-state index contributed by atoms with van der Waals surface area (Å²) in [7, 11) is 0. The number of nitrogens with one attached hydrogen (secondary N) is 1. The van der Waals surface area contributed by atoms with Crippen LogP contribution < -0.4 is 15.9 Å². The predicted octanol–water partition coefficient (Wildman–Crippen LogP) is -2.69. The van der Waals surface area contributed by atoms with Crippen molar-refractivity contribution in [2.75, 3.05) is 0 Å². The van der Waals surface area contributed by atoms with Gasteiger partial charge in [0.1, 0.15) is 0 Å². The second-order valence-corrected chi connectivity index (χ2v) is 1.24. The molecule has 0 bridgehead atoms. The number of aromatic nitrogens is 3. The Morgan fingerprint density at radius 2 is 2.00 bits per heavy atom. The van der Waals surface area contributed by atoms with Crippen LogP contribution in [0.5, 0.6) is 12.0 Å². The van der Waals surface area contributed by atoms with Crippen molar-refractivity contribution in [3.05, 3.63) is 10.5 Å². The number of hydrogen-bond donors (Lipinski definition) is 1. The summed E-state index contributed by atoms with van der Waals surface area (Å²) in [6, 6.07) is -2.01. The van der Waals surface area contributed by atoms with Crippen LogP contribution in [0.25, 0.3) is 0 Å². The van der Waals surface area contributed by atoms with E-state index in [2.05, 4.69) is 9.97 Å². The van der Waals surface area contributed by atoms with Gasteiger partial charge in [-0.25, -0.2) is 9.78 Å². The average Bonchev–Trinajstić information content (AvgIpc) is 1.59. The molecule has 0 atom stereocenters. The van der Waals surface area contributed by atoms with E-state index in [-0.39, 0.29) is 0 Å². The molecule has 0 fully saturated rings. The van der Waals surface area contributed by atoms with Crippen molar-refractivity contribution in [2.45, 2.75) is 0 Å². The zero-order valence-corrected chi connectivity index (χ0v) is 4.12. The molecule has 1 heterocycles. The van der Waals surface area contributed by atoms with Gasteiger partial charge in [0, 0.05) is 0 Å². The first-order chi connectivity index (χ1) is 4.18. The fourth-order valence-corrected chi connectivity index (χ4v) is 0.346. The fourth-order valence-electron chi connectivity index (χ4n) is 0.346. The summed E-state index contributed by atoms with van der Waals surface area (Å²) in [5.41, 5.74) is -0.958. The highest BCUT2D eigenvalue weighted by molar-refractivity contribution is 4.92. The third kappa shape index (κ3) is 1.15. The molecule has 48 valence electrons. The lowest BCUT2D eigenvalue weighted by Gasteiger charge is -2.05. The van der Waals surface area contributed by atoms with Crippen LogP contribution in [-0.2, 0) is 0 Å². The van der Waals surface area contributed by atoms with E-state index in [0.29, 0.717) is 0 Å². The number of aromatic amines is 1. The van der Waals surface area contributed by atoms with E-state index >= 15 is 0 Å². The minimum Gasteiger partial charge on any atom is -0.846 e. The van der Waals surface area contributed by atoms with Gasteiger partial charge >= 0.3 is 5.69 Å². The van der Waals surface area contributed by atoms with Gasteiger partial charge in [-0.2, -0.15) is 4.98 Å². The molecule has 0 aliphatic rings. The molecule has 0 aromatic carbocycles. The van der Waals surface area contributed by atoms with Crippen molar-refractivity contribution in [3.63, 3.8) is 0 Å². The Balaban J connectivity index is 3.33. The van der Waals surface area contributed by atoms with Gasteiger partial charge < -0.3 is 15.2 Å². The highest BCUT2D eigenvalue weighted by Gasteiger charge is 1.81. The van der Waals surface area contributed by atoms with E-state index in [1.165, 1.54) is 0 Å². The van der Waals surface area contributed by atoms with E-state index in [4.69, 9.17) is 0 Å². The minimum absolute atomic E-state index is 0.958. The zero-order chi connectivity index (χ0) is 6.85. The molecule has 1 N–H and O–H groups in total. The summed E-state index contributed by atoms with van der Waals surface area (Å²) in [6.07, 6.45) is 0. The van der Waals surface area contributed by atoms with Crippen molar-refractivity contribution >= 4 is 0 Å². The molecule has 0 amide bonds. The standard InChI is InChI=1S/C3H3N3O3/c7-1-4-2(8)6-3(9)5-1/h(H3,4,5,6,7,8,9)/p-2. The van der Waals surface area contributed by atoms with Crippen molar-refractivity contribution in [1.29, 1.82) is 0 Å². The van der Waals surface area contributed by atoms with Gasteiger partial charge in [-0.3, -0.25) is 0 Å². The van der Waals surface area contributed by atoms with Crippen LogP contribution >= 0.6 is 0 Å². The molecule has 0 spiro atoms. The second kappa shape index (κ2) is 1.73. The Morgan fingerprint density at radius 1 is 1.33 bits per heavy atom. The Morgan fingerprint density at radius 3 is 2.44 bits per heavy atom. The molecule has 1 aromatic heterocycles. The molecule has 6 nitrogen and oxygen atoms in total. The quantitative estimate of drug-likeness (QED) is 0.408. The number of hydrogen-bond acceptors (Lipinski definition) is 5. The summed E-state index contributed by atoms with van der Waals surface area (Å²) in [5.74, 6) is 0. The third-order valence-corrected chi connectivity index (χ3v) is 0.608. The van der Waals surface area contributed by atoms with E-state index in [1.54, 1.807) is 4.98 Å². The van der Waals surface area contributed by atoms with Crippen LogP contribution in [0.2, 0.25) is 0 Å². The van der Waals surface area contributed by atoms with Crippen LogP contribution in [-0.4, -0.2) is 15.0 Å². The Hall–Kier alpha value is -1.59. The van der Waals surface area contributed by atoms with Gasteiger partial charge in [-0.1, -0.05) is 0 Å². The van der Waals surface area contributed by atoms with Gasteiger partial charge in [0.25, 0.3) is 0 Å². The average molecular weight is 127 g/mol. The summed E-state index contributed by atoms with van der Waals surface area (Å²) < 4.78 is 0. The van der Waals surface area contributed by atoms with Crippen molar-refractivity contribution in [3.8, 4) is 12.0 Å². The Kier molecular flexibility index (Phi) is 1.07. The van der Waals surface area contributed by atoms with Crippen molar-refractivity contribution in [1.82, 2.24) is 15.0 Å². The summed E-state index contributed by atoms with van der Waals surface area (Å²) in [5, 5.41) is 20.2. The lowest BCUT2D eigenvalue weighted by molar-refractivity contribution is -0.301. The molecule has 9 heavy (non-hydrogen) atoms. The molecule has 0 saturated heterocycles. The number of nitrogens with zero attached hydrogens (tertiary/aromatic N) is 2. The Labute approximate surface area is 48.8 Å². The summed E-state index contributed by atoms with van der Waals surface area (Å²) in [6.45, 7) is 0. The van der Waals surface area contributed by atoms with Gasteiger partial charge in [-0.15, -0.1) is 0 Å². The predicted molar refractivity (Wildman–Crippen MR) is 21.5 cm³/mol. The first-order valence-corrected chi connectivity index (χ1v) is 2.01. The number of H-pyrrole nitrogens is 1. The van der Waals surface area contributed by atoms with Gasteiger partial charge in [0.15, 0.2) is 0 Å². The normalized spacial score (nSPS) is 9.33. The molecular weight excluding hydrogens is 126 g/mol. The first kappa shape index (κ1) is 5.54. The van der Waals surface area contributed by atoms with Gasteiger partial charge in [0.05, 0.1) is 12.0 Å². The van der Waals surface area contributed by atoms with Gasteiger partial charge in [0.2, 0.25) is 0 Å². The van der Waals surface area contributed by atoms with Crippen LogP contribution in [0.15, 0.2) is 4.79 Å². The van der Waals surface area contributed by atoms with E-state index in [0.717, 1.165) is 0 Å². The third-order valence-electron chi connectivity index (χ3n) is 0.608. The topological polar surface area (TPSA) is 105 Å². The SMILES string of the molecule is O=c1nc([O-])nc([O-])[nH]1. The summed E-state index contributed by atoms with van der Waals surface area (Å²) >= 11 is 0. The summed E-state index contributed by atoms with van der Waals surface area (Å²) in [4.78, 5) is 17.3. The highest BCUT2D eigenvalue weighted by atomic mass is 16.3. The maximum atomic E-state index is 10.1. The number of rotatable bonds is 0. The van der Waals surface area contributed by atoms with Crippen molar-refractivity contribution < 1.29 is 10.2 Å². The molecule has 6 heteroatoms. The molecule has 0 aliphatic carbocycles. The van der Waals surface area contributed by atoms with Crippen LogP contribution in [0, 0.1) is 0 Å². The molecule has 1 rings (SSSR count). The monoisotopic (exact) mass is 127 g/mol. The van der Waals surface area contributed by atoms with Crippen LogP contribution in [0.4, 0.5) is 0 Å². The van der Waals surface area contributed by atoms with Crippen LogP contribution in [0.1, 0.15) is 0 Å². The maximum Gasteiger partial charge on any atom is 0.346 e. The highest BCUT2D eigenvalue weighted by Crippen LogP contribution is 1.88. The zero-order valence-electron chi connectivity index (χ0n) is 4.12. The van der Waals surface area contributed by atoms with Gasteiger partial charge in [-0.05, 0) is 0 Å². The smallest absolute Gasteiger partial charge is 0.346 e. The van der Waals surface area contributed by atoms with E-state index in [1.807, 2.05) is 0 Å². The van der Waals surface area contributed by atoms with E-state index < -0.39 is 17.7 Å². The largest absolute Gasteiger partial charge is 0.846 e. The molecule has 0 unspecified atom stereocenters. The van der Waals surface area contributed by atoms with Crippen molar-refractivity contribution in [2.24, 2.45) is 0 Å². The first-order valence-electron chi connectivity index (χ1n) is 2.01. The lowest BCUT2D eigenvalue weighted by atomic mass is 11.0. The molecule has 0 aliphatic heterocycles. The Bertz CT molecular complexity index is 244. The maximum absolute atomic E-state index is 10.1. The molecule has 0 saturated carbocycles. The fraction of sp³-hybridized carbons (Fsp3) is 0. The van der Waals surface area contributed by atoms with Crippen LogP contribution in [0.3, 0.4) is 0 Å². The molecule has 1 aromatic rings. The van der Waals surface area contributed by atoms with E-state index in [9.17, 15) is 15.0 Å². The molecule has 0 radical (unpaired) electrons.